The second kappa shape index (κ2) is 4.28. The van der Waals surface area contributed by atoms with Crippen molar-refractivity contribution < 1.29 is 0 Å². The number of anilines is 1. The molecule has 0 amide bonds. The first-order valence-electron chi connectivity index (χ1n) is 5.17. The SMILES string of the molecule is N#Cc1cccc(N2CCCC(N)C2)n1. The van der Waals surface area contributed by atoms with E-state index < -0.39 is 0 Å². The Kier molecular flexibility index (Phi) is 2.84. The average molecular weight is 202 g/mol. The summed E-state index contributed by atoms with van der Waals surface area (Å²) in [5, 5.41) is 8.76. The summed E-state index contributed by atoms with van der Waals surface area (Å²) in [6, 6.07) is 7.78. The van der Waals surface area contributed by atoms with Crippen LogP contribution < -0.4 is 10.6 Å². The molecule has 78 valence electrons. The number of hydrogen-bond acceptors (Lipinski definition) is 4. The Morgan fingerprint density at radius 2 is 2.40 bits per heavy atom. The molecule has 1 aromatic rings. The molecule has 1 atom stereocenters. The van der Waals surface area contributed by atoms with E-state index >= 15 is 0 Å². The van der Waals surface area contributed by atoms with Crippen molar-refractivity contribution in [1.29, 1.82) is 5.26 Å². The summed E-state index contributed by atoms with van der Waals surface area (Å²) in [6.45, 7) is 1.82. The van der Waals surface area contributed by atoms with Crippen molar-refractivity contribution in [2.75, 3.05) is 18.0 Å². The molecule has 2 heterocycles. The van der Waals surface area contributed by atoms with Gasteiger partial charge in [-0.2, -0.15) is 5.26 Å². The van der Waals surface area contributed by atoms with Crippen LogP contribution >= 0.6 is 0 Å². The Labute approximate surface area is 89.3 Å². The average Bonchev–Trinajstić information content (AvgIpc) is 2.29. The fourth-order valence-corrected chi connectivity index (χ4v) is 1.88. The van der Waals surface area contributed by atoms with Crippen LogP contribution in [0.2, 0.25) is 0 Å². The molecular formula is C11H14N4. The number of nitriles is 1. The summed E-state index contributed by atoms with van der Waals surface area (Å²) in [4.78, 5) is 6.41. The molecule has 15 heavy (non-hydrogen) atoms. The predicted octanol–water partition coefficient (Wildman–Crippen LogP) is 0.881. The monoisotopic (exact) mass is 202 g/mol. The Morgan fingerprint density at radius 3 is 3.13 bits per heavy atom. The zero-order valence-corrected chi connectivity index (χ0v) is 8.56. The topological polar surface area (TPSA) is 65.9 Å². The molecule has 4 heteroatoms. The van der Waals surface area contributed by atoms with Crippen LogP contribution in [0.4, 0.5) is 5.82 Å². The highest BCUT2D eigenvalue weighted by Crippen LogP contribution is 2.16. The largest absolute Gasteiger partial charge is 0.355 e. The van der Waals surface area contributed by atoms with Gasteiger partial charge in [-0.05, 0) is 25.0 Å². The van der Waals surface area contributed by atoms with Crippen LogP contribution in [0.25, 0.3) is 0 Å². The molecule has 0 spiro atoms. The van der Waals surface area contributed by atoms with Crippen molar-refractivity contribution in [3.63, 3.8) is 0 Å². The molecule has 1 fully saturated rings. The summed E-state index contributed by atoms with van der Waals surface area (Å²) in [5.41, 5.74) is 6.36. The third-order valence-electron chi connectivity index (χ3n) is 2.63. The van der Waals surface area contributed by atoms with Crippen LogP contribution in [0.15, 0.2) is 18.2 Å². The number of rotatable bonds is 1. The lowest BCUT2D eigenvalue weighted by atomic mass is 10.1. The molecule has 1 unspecified atom stereocenters. The van der Waals surface area contributed by atoms with E-state index in [1.54, 1.807) is 6.07 Å². The van der Waals surface area contributed by atoms with Crippen molar-refractivity contribution in [3.8, 4) is 6.07 Å². The molecule has 1 saturated heterocycles. The van der Waals surface area contributed by atoms with Gasteiger partial charge in [-0.25, -0.2) is 4.98 Å². The van der Waals surface area contributed by atoms with Crippen molar-refractivity contribution in [2.24, 2.45) is 5.73 Å². The fourth-order valence-electron chi connectivity index (χ4n) is 1.88. The zero-order chi connectivity index (χ0) is 10.7. The first-order chi connectivity index (χ1) is 7.29. The first-order valence-corrected chi connectivity index (χ1v) is 5.17. The van der Waals surface area contributed by atoms with Gasteiger partial charge in [-0.15, -0.1) is 0 Å². The van der Waals surface area contributed by atoms with Gasteiger partial charge in [0, 0.05) is 19.1 Å². The van der Waals surface area contributed by atoms with E-state index in [9.17, 15) is 0 Å². The van der Waals surface area contributed by atoms with Gasteiger partial charge in [0.25, 0.3) is 0 Å². The molecule has 2 rings (SSSR count). The van der Waals surface area contributed by atoms with E-state index in [0.29, 0.717) is 5.69 Å². The number of aromatic nitrogens is 1. The predicted molar refractivity (Wildman–Crippen MR) is 58.4 cm³/mol. The van der Waals surface area contributed by atoms with Gasteiger partial charge in [0.2, 0.25) is 0 Å². The number of pyridine rings is 1. The van der Waals surface area contributed by atoms with Crippen LogP contribution in [-0.4, -0.2) is 24.1 Å². The number of nitrogens with two attached hydrogens (primary N) is 1. The van der Waals surface area contributed by atoms with E-state index in [0.717, 1.165) is 31.7 Å². The Balaban J connectivity index is 2.18. The maximum Gasteiger partial charge on any atom is 0.142 e. The van der Waals surface area contributed by atoms with Crippen LogP contribution in [-0.2, 0) is 0 Å². The van der Waals surface area contributed by atoms with E-state index in [1.807, 2.05) is 18.2 Å². The molecule has 0 bridgehead atoms. The molecule has 4 nitrogen and oxygen atoms in total. The Hall–Kier alpha value is -1.60. The highest BCUT2D eigenvalue weighted by molar-refractivity contribution is 5.42. The molecule has 2 N–H and O–H groups in total. The normalized spacial score (nSPS) is 21.1. The van der Waals surface area contributed by atoms with Gasteiger partial charge < -0.3 is 10.6 Å². The van der Waals surface area contributed by atoms with Gasteiger partial charge in [-0.1, -0.05) is 6.07 Å². The number of hydrogen-bond donors (Lipinski definition) is 1. The van der Waals surface area contributed by atoms with Crippen molar-refractivity contribution in [1.82, 2.24) is 4.98 Å². The van der Waals surface area contributed by atoms with Crippen LogP contribution in [0.1, 0.15) is 18.5 Å². The highest BCUT2D eigenvalue weighted by atomic mass is 15.2. The first kappa shape index (κ1) is 9.94. The molecule has 1 aromatic heterocycles. The second-order valence-corrected chi connectivity index (χ2v) is 3.84. The Bertz CT molecular complexity index is 382. The Morgan fingerprint density at radius 1 is 1.53 bits per heavy atom. The molecule has 1 aliphatic heterocycles. The van der Waals surface area contributed by atoms with Crippen LogP contribution in [0, 0.1) is 11.3 Å². The molecule has 0 radical (unpaired) electrons. The minimum absolute atomic E-state index is 0.228. The second-order valence-electron chi connectivity index (χ2n) is 3.84. The summed E-state index contributed by atoms with van der Waals surface area (Å²) in [7, 11) is 0. The summed E-state index contributed by atoms with van der Waals surface area (Å²) >= 11 is 0. The van der Waals surface area contributed by atoms with E-state index in [-0.39, 0.29) is 6.04 Å². The summed E-state index contributed by atoms with van der Waals surface area (Å²) in [6.07, 6.45) is 2.17. The minimum atomic E-state index is 0.228. The van der Waals surface area contributed by atoms with Gasteiger partial charge in [0.1, 0.15) is 17.6 Å². The number of nitrogens with zero attached hydrogens (tertiary/aromatic N) is 3. The van der Waals surface area contributed by atoms with Gasteiger partial charge >= 0.3 is 0 Å². The summed E-state index contributed by atoms with van der Waals surface area (Å²) in [5.74, 6) is 0.865. The lowest BCUT2D eigenvalue weighted by Crippen LogP contribution is -2.43. The molecule has 0 saturated carbocycles. The molecule has 1 aliphatic rings. The maximum absolute atomic E-state index is 8.76. The number of piperidine rings is 1. The standard InChI is InChI=1S/C11H14N4/c12-7-10-4-1-5-11(14-10)15-6-2-3-9(13)8-15/h1,4-5,9H,2-3,6,8,13H2. The van der Waals surface area contributed by atoms with Gasteiger partial charge in [-0.3, -0.25) is 0 Å². The highest BCUT2D eigenvalue weighted by Gasteiger charge is 2.17. The van der Waals surface area contributed by atoms with E-state index in [2.05, 4.69) is 9.88 Å². The van der Waals surface area contributed by atoms with E-state index in [4.69, 9.17) is 11.0 Å². The quantitative estimate of drug-likeness (QED) is 0.734. The van der Waals surface area contributed by atoms with Gasteiger partial charge in [0.05, 0.1) is 0 Å². The van der Waals surface area contributed by atoms with Crippen molar-refractivity contribution in [3.05, 3.63) is 23.9 Å². The zero-order valence-electron chi connectivity index (χ0n) is 8.56. The van der Waals surface area contributed by atoms with Gasteiger partial charge in [0.15, 0.2) is 0 Å². The minimum Gasteiger partial charge on any atom is -0.355 e. The van der Waals surface area contributed by atoms with E-state index in [1.165, 1.54) is 0 Å². The van der Waals surface area contributed by atoms with Crippen molar-refractivity contribution >= 4 is 5.82 Å². The molecular weight excluding hydrogens is 188 g/mol. The van der Waals surface area contributed by atoms with Crippen LogP contribution in [0.5, 0.6) is 0 Å². The fraction of sp³-hybridized carbons (Fsp3) is 0.455. The smallest absolute Gasteiger partial charge is 0.142 e. The lowest BCUT2D eigenvalue weighted by Gasteiger charge is -2.31. The molecule has 0 aromatic carbocycles. The van der Waals surface area contributed by atoms with Crippen LogP contribution in [0.3, 0.4) is 0 Å². The third-order valence-corrected chi connectivity index (χ3v) is 2.63. The lowest BCUT2D eigenvalue weighted by molar-refractivity contribution is 0.503. The molecule has 0 aliphatic carbocycles. The summed E-state index contributed by atoms with van der Waals surface area (Å²) < 4.78 is 0. The third kappa shape index (κ3) is 2.25. The maximum atomic E-state index is 8.76. The van der Waals surface area contributed by atoms with Crippen molar-refractivity contribution in [2.45, 2.75) is 18.9 Å².